The number of carbonyl (C=O) groups is 1. The van der Waals surface area contributed by atoms with Gasteiger partial charge in [0.25, 0.3) is 5.91 Å². The predicted octanol–water partition coefficient (Wildman–Crippen LogP) is 3.20. The second kappa shape index (κ2) is 7.90. The number of aryl methyl sites for hydroxylation is 1. The molecule has 1 unspecified atom stereocenters. The summed E-state index contributed by atoms with van der Waals surface area (Å²) in [5, 5.41) is 3.23. The molecule has 0 saturated carbocycles. The molecule has 23 heavy (non-hydrogen) atoms. The number of carbonyl (C=O) groups excluding carboxylic acids is 1. The number of likely N-dealkylation sites (N-methyl/N-ethyl adjacent to an activating group) is 1. The number of hydrogen-bond donors (Lipinski definition) is 2. The van der Waals surface area contributed by atoms with Crippen molar-refractivity contribution < 1.29 is 14.1 Å². The summed E-state index contributed by atoms with van der Waals surface area (Å²) in [6.07, 6.45) is 0. The summed E-state index contributed by atoms with van der Waals surface area (Å²) in [5.41, 5.74) is 2.25. The van der Waals surface area contributed by atoms with Crippen LogP contribution in [0.15, 0.2) is 40.9 Å². The van der Waals surface area contributed by atoms with Crippen molar-refractivity contribution in [3.63, 3.8) is 0 Å². The fourth-order valence-electron chi connectivity index (χ4n) is 2.26. The number of quaternary nitrogens is 1. The van der Waals surface area contributed by atoms with Crippen LogP contribution < -0.4 is 10.2 Å². The summed E-state index contributed by atoms with van der Waals surface area (Å²) >= 11 is 9.44. The van der Waals surface area contributed by atoms with Gasteiger partial charge >= 0.3 is 0 Å². The zero-order valence-electron chi connectivity index (χ0n) is 12.9. The van der Waals surface area contributed by atoms with Crippen LogP contribution in [0.1, 0.15) is 11.1 Å². The number of anilines is 1. The summed E-state index contributed by atoms with van der Waals surface area (Å²) in [6, 6.07) is 10.3. The number of halogens is 3. The Bertz CT molecular complexity index is 703. The number of nitrogens with one attached hydrogen (secondary N) is 2. The number of rotatable bonds is 5. The molecule has 3 nitrogen and oxygen atoms in total. The van der Waals surface area contributed by atoms with Gasteiger partial charge in [-0.05, 0) is 52.7 Å². The topological polar surface area (TPSA) is 33.5 Å². The maximum absolute atomic E-state index is 13.8. The van der Waals surface area contributed by atoms with Crippen LogP contribution in [0.5, 0.6) is 0 Å². The van der Waals surface area contributed by atoms with Crippen LogP contribution in [0.25, 0.3) is 0 Å². The Labute approximate surface area is 148 Å². The highest BCUT2D eigenvalue weighted by Gasteiger charge is 2.16. The van der Waals surface area contributed by atoms with E-state index in [1.807, 2.05) is 32.2 Å². The molecule has 0 radical (unpaired) electrons. The van der Waals surface area contributed by atoms with Gasteiger partial charge in [-0.3, -0.25) is 4.79 Å². The molecule has 0 fully saturated rings. The first kappa shape index (κ1) is 17.9. The smallest absolute Gasteiger partial charge is 0.279 e. The maximum Gasteiger partial charge on any atom is 0.279 e. The van der Waals surface area contributed by atoms with E-state index in [4.69, 9.17) is 11.6 Å². The van der Waals surface area contributed by atoms with Gasteiger partial charge in [0.2, 0.25) is 0 Å². The third-order valence-electron chi connectivity index (χ3n) is 3.40. The summed E-state index contributed by atoms with van der Waals surface area (Å²) in [5.74, 6) is -0.488. The van der Waals surface area contributed by atoms with Gasteiger partial charge in [0.1, 0.15) is 12.4 Å². The molecule has 0 spiro atoms. The molecule has 1 atom stereocenters. The molecular weight excluding hydrogens is 383 g/mol. The highest BCUT2D eigenvalue weighted by atomic mass is 79.9. The van der Waals surface area contributed by atoms with E-state index in [9.17, 15) is 9.18 Å². The Kier molecular flexibility index (Phi) is 6.16. The van der Waals surface area contributed by atoms with E-state index in [-0.39, 0.29) is 18.3 Å². The Hall–Kier alpha value is -1.43. The highest BCUT2D eigenvalue weighted by Crippen LogP contribution is 2.23. The minimum atomic E-state index is -0.349. The summed E-state index contributed by atoms with van der Waals surface area (Å²) in [4.78, 5) is 13.0. The molecule has 0 aliphatic rings. The quantitative estimate of drug-likeness (QED) is 0.794. The van der Waals surface area contributed by atoms with Crippen molar-refractivity contribution in [1.29, 1.82) is 0 Å². The third kappa shape index (κ3) is 5.03. The van der Waals surface area contributed by atoms with Crippen molar-refractivity contribution in [2.45, 2.75) is 13.5 Å². The molecule has 0 aliphatic heterocycles. The number of benzene rings is 2. The lowest BCUT2D eigenvalue weighted by molar-refractivity contribution is -0.885. The Morgan fingerprint density at radius 1 is 1.35 bits per heavy atom. The molecule has 122 valence electrons. The molecule has 2 rings (SSSR count). The molecule has 6 heteroatoms. The minimum Gasteiger partial charge on any atom is -0.326 e. The molecule has 2 aromatic carbocycles. The lowest BCUT2D eigenvalue weighted by Crippen LogP contribution is -3.08. The van der Waals surface area contributed by atoms with Crippen LogP contribution in [0.4, 0.5) is 10.1 Å². The maximum atomic E-state index is 13.8. The Morgan fingerprint density at radius 3 is 2.74 bits per heavy atom. The van der Waals surface area contributed by atoms with Gasteiger partial charge in [0, 0.05) is 4.47 Å². The highest BCUT2D eigenvalue weighted by molar-refractivity contribution is 9.10. The Morgan fingerprint density at radius 2 is 2.09 bits per heavy atom. The largest absolute Gasteiger partial charge is 0.326 e. The minimum absolute atomic E-state index is 0.139. The van der Waals surface area contributed by atoms with E-state index in [2.05, 4.69) is 21.2 Å². The summed E-state index contributed by atoms with van der Waals surface area (Å²) < 4.78 is 14.6. The average Bonchev–Trinajstić information content (AvgIpc) is 2.46. The standard InChI is InChI=1S/C17H17BrClFN2O/c1-11-6-7-16(13(18)8-11)21-17(23)10-22(2)9-12-14(19)4-3-5-15(12)20/h3-8H,9-10H2,1-2H3,(H,21,23)/p+1. The molecule has 2 N–H and O–H groups in total. The second-order valence-electron chi connectivity index (χ2n) is 5.54. The molecule has 0 aromatic heterocycles. The second-order valence-corrected chi connectivity index (χ2v) is 6.80. The average molecular weight is 401 g/mol. The molecular formula is C17H18BrClFN2O+. The summed E-state index contributed by atoms with van der Waals surface area (Å²) in [7, 11) is 1.83. The fourth-order valence-corrected chi connectivity index (χ4v) is 3.08. The molecule has 1 amide bonds. The van der Waals surface area contributed by atoms with E-state index in [1.165, 1.54) is 6.07 Å². The van der Waals surface area contributed by atoms with Crippen LogP contribution in [0.3, 0.4) is 0 Å². The lowest BCUT2D eigenvalue weighted by Gasteiger charge is -2.15. The van der Waals surface area contributed by atoms with Gasteiger partial charge in [-0.1, -0.05) is 23.7 Å². The van der Waals surface area contributed by atoms with Gasteiger partial charge in [-0.15, -0.1) is 0 Å². The Balaban J connectivity index is 1.97. The van der Waals surface area contributed by atoms with E-state index in [1.54, 1.807) is 12.1 Å². The van der Waals surface area contributed by atoms with Gasteiger partial charge in [-0.2, -0.15) is 0 Å². The van der Waals surface area contributed by atoms with E-state index in [0.29, 0.717) is 17.1 Å². The van der Waals surface area contributed by atoms with Crippen molar-refractivity contribution in [1.82, 2.24) is 0 Å². The molecule has 0 aliphatic carbocycles. The van der Waals surface area contributed by atoms with Gasteiger partial charge < -0.3 is 10.2 Å². The van der Waals surface area contributed by atoms with Crippen LogP contribution >= 0.6 is 27.5 Å². The first-order valence-electron chi connectivity index (χ1n) is 7.17. The van der Waals surface area contributed by atoms with Crippen LogP contribution in [0, 0.1) is 12.7 Å². The first-order chi connectivity index (χ1) is 10.9. The molecule has 2 aromatic rings. The van der Waals surface area contributed by atoms with Crippen molar-refractivity contribution in [2.24, 2.45) is 0 Å². The van der Waals surface area contributed by atoms with Gasteiger partial charge in [0.15, 0.2) is 6.54 Å². The van der Waals surface area contributed by atoms with Crippen LogP contribution in [0.2, 0.25) is 5.02 Å². The zero-order chi connectivity index (χ0) is 17.0. The van der Waals surface area contributed by atoms with Gasteiger partial charge in [-0.25, -0.2) is 4.39 Å². The number of hydrogen-bond acceptors (Lipinski definition) is 1. The normalized spacial score (nSPS) is 12.0. The SMILES string of the molecule is Cc1ccc(NC(=O)C[NH+](C)Cc2c(F)cccc2Cl)c(Br)c1. The lowest BCUT2D eigenvalue weighted by atomic mass is 10.2. The van der Waals surface area contributed by atoms with Crippen LogP contribution in [-0.4, -0.2) is 19.5 Å². The van der Waals surface area contributed by atoms with E-state index < -0.39 is 0 Å². The molecule has 0 bridgehead atoms. The van der Waals surface area contributed by atoms with Crippen molar-refractivity contribution in [3.05, 3.63) is 62.8 Å². The van der Waals surface area contributed by atoms with Crippen molar-refractivity contribution >= 4 is 39.1 Å². The molecule has 0 heterocycles. The van der Waals surface area contributed by atoms with Crippen LogP contribution in [-0.2, 0) is 11.3 Å². The monoisotopic (exact) mass is 399 g/mol. The molecule has 0 saturated heterocycles. The number of amides is 1. The van der Waals surface area contributed by atoms with E-state index >= 15 is 0 Å². The predicted molar refractivity (Wildman–Crippen MR) is 94.4 cm³/mol. The zero-order valence-corrected chi connectivity index (χ0v) is 15.3. The van der Waals surface area contributed by atoms with Crippen molar-refractivity contribution in [2.75, 3.05) is 18.9 Å². The van der Waals surface area contributed by atoms with Gasteiger partial charge in [0.05, 0.1) is 23.3 Å². The fraction of sp³-hybridized carbons (Fsp3) is 0.235. The van der Waals surface area contributed by atoms with E-state index in [0.717, 1.165) is 20.6 Å². The summed E-state index contributed by atoms with van der Waals surface area (Å²) in [6.45, 7) is 2.53. The third-order valence-corrected chi connectivity index (χ3v) is 4.41. The first-order valence-corrected chi connectivity index (χ1v) is 8.34. The van der Waals surface area contributed by atoms with Crippen molar-refractivity contribution in [3.8, 4) is 0 Å².